The number of piperazine rings is 1. The third-order valence-electron chi connectivity index (χ3n) is 5.04. The third-order valence-corrected chi connectivity index (χ3v) is 5.04. The van der Waals surface area contributed by atoms with Gasteiger partial charge in [0, 0.05) is 24.2 Å². The number of nitrogens with zero attached hydrogens (tertiary/aromatic N) is 2. The summed E-state index contributed by atoms with van der Waals surface area (Å²) in [6, 6.07) is 20.8. The standard InChI is InChI=1S/C23H21N3O3/c1-16-9-11-18(12-10-16)24-21(27)15-25-13-14-26(23(29)22(25)28)20-8-4-6-17-5-2-3-7-19(17)20/h2-12H,13-15H2,1H3,(H,24,27). The van der Waals surface area contributed by atoms with Gasteiger partial charge in [-0.05, 0) is 30.5 Å². The molecule has 0 spiro atoms. The number of hydrogen-bond acceptors (Lipinski definition) is 3. The molecule has 0 bridgehead atoms. The van der Waals surface area contributed by atoms with E-state index in [4.69, 9.17) is 0 Å². The van der Waals surface area contributed by atoms with E-state index >= 15 is 0 Å². The molecule has 6 heteroatoms. The molecule has 1 aliphatic heterocycles. The average molecular weight is 387 g/mol. The number of fused-ring (bicyclic) bond motifs is 1. The fourth-order valence-corrected chi connectivity index (χ4v) is 3.51. The van der Waals surface area contributed by atoms with Crippen LogP contribution < -0.4 is 10.2 Å². The van der Waals surface area contributed by atoms with Crippen LogP contribution in [0.4, 0.5) is 11.4 Å². The Morgan fingerprint density at radius 2 is 1.62 bits per heavy atom. The van der Waals surface area contributed by atoms with E-state index in [1.165, 1.54) is 9.80 Å². The monoisotopic (exact) mass is 387 g/mol. The first-order chi connectivity index (χ1) is 14.0. The van der Waals surface area contributed by atoms with Gasteiger partial charge in [0.05, 0.1) is 5.69 Å². The highest BCUT2D eigenvalue weighted by Crippen LogP contribution is 2.28. The van der Waals surface area contributed by atoms with Gasteiger partial charge in [-0.1, -0.05) is 54.1 Å². The van der Waals surface area contributed by atoms with Crippen molar-refractivity contribution in [3.05, 3.63) is 72.3 Å². The Bertz CT molecular complexity index is 1090. The zero-order chi connectivity index (χ0) is 20.4. The summed E-state index contributed by atoms with van der Waals surface area (Å²) in [4.78, 5) is 40.5. The van der Waals surface area contributed by atoms with Crippen LogP contribution in [0.5, 0.6) is 0 Å². The maximum atomic E-state index is 12.8. The lowest BCUT2D eigenvalue weighted by Crippen LogP contribution is -2.56. The number of aryl methyl sites for hydroxylation is 1. The fraction of sp³-hybridized carbons (Fsp3) is 0.174. The number of carbonyl (C=O) groups is 3. The van der Waals surface area contributed by atoms with Crippen LogP contribution in [0, 0.1) is 6.92 Å². The lowest BCUT2D eigenvalue weighted by molar-refractivity contribution is -0.147. The van der Waals surface area contributed by atoms with Crippen molar-refractivity contribution in [2.45, 2.75) is 6.92 Å². The Labute approximate surface area is 168 Å². The van der Waals surface area contributed by atoms with Crippen molar-refractivity contribution < 1.29 is 14.4 Å². The van der Waals surface area contributed by atoms with E-state index in [-0.39, 0.29) is 12.5 Å². The molecule has 1 N–H and O–H groups in total. The quantitative estimate of drug-likeness (QED) is 0.700. The number of rotatable bonds is 4. The van der Waals surface area contributed by atoms with Gasteiger partial charge in [-0.25, -0.2) is 0 Å². The van der Waals surface area contributed by atoms with Crippen molar-refractivity contribution in [2.75, 3.05) is 29.9 Å². The van der Waals surface area contributed by atoms with Gasteiger partial charge < -0.3 is 15.1 Å². The molecule has 0 atom stereocenters. The van der Waals surface area contributed by atoms with Gasteiger partial charge in [0.1, 0.15) is 6.54 Å². The fourth-order valence-electron chi connectivity index (χ4n) is 3.51. The number of carbonyl (C=O) groups excluding carboxylic acids is 3. The van der Waals surface area contributed by atoms with Crippen LogP contribution in [0.1, 0.15) is 5.56 Å². The first-order valence-corrected chi connectivity index (χ1v) is 9.48. The SMILES string of the molecule is Cc1ccc(NC(=O)CN2CCN(c3cccc4ccccc34)C(=O)C2=O)cc1. The first-order valence-electron chi connectivity index (χ1n) is 9.48. The zero-order valence-corrected chi connectivity index (χ0v) is 16.1. The second kappa shape index (κ2) is 7.75. The molecule has 6 nitrogen and oxygen atoms in total. The molecule has 3 aromatic rings. The predicted octanol–water partition coefficient (Wildman–Crippen LogP) is 2.96. The van der Waals surface area contributed by atoms with Crippen molar-refractivity contribution in [1.82, 2.24) is 4.90 Å². The molecule has 4 rings (SSSR count). The Morgan fingerprint density at radius 1 is 0.897 bits per heavy atom. The van der Waals surface area contributed by atoms with E-state index < -0.39 is 11.8 Å². The summed E-state index contributed by atoms with van der Waals surface area (Å²) >= 11 is 0. The molecule has 29 heavy (non-hydrogen) atoms. The number of hydrogen-bond donors (Lipinski definition) is 1. The highest BCUT2D eigenvalue weighted by atomic mass is 16.2. The molecule has 0 aromatic heterocycles. The second-order valence-electron chi connectivity index (χ2n) is 7.10. The number of amides is 3. The van der Waals surface area contributed by atoms with Crippen LogP contribution in [0.3, 0.4) is 0 Å². The summed E-state index contributed by atoms with van der Waals surface area (Å²) in [7, 11) is 0. The Kier molecular flexibility index (Phi) is 4.99. The molecule has 1 fully saturated rings. The molecule has 0 saturated carbocycles. The molecule has 1 aliphatic rings. The molecule has 0 unspecified atom stereocenters. The Hall–Kier alpha value is -3.67. The summed E-state index contributed by atoms with van der Waals surface area (Å²) in [5.74, 6) is -1.60. The summed E-state index contributed by atoms with van der Waals surface area (Å²) < 4.78 is 0. The summed E-state index contributed by atoms with van der Waals surface area (Å²) in [6.45, 7) is 2.46. The second-order valence-corrected chi connectivity index (χ2v) is 7.10. The van der Waals surface area contributed by atoms with Crippen LogP contribution in [-0.4, -0.2) is 42.3 Å². The zero-order valence-electron chi connectivity index (χ0n) is 16.1. The molecule has 0 radical (unpaired) electrons. The summed E-state index contributed by atoms with van der Waals surface area (Å²) in [5, 5.41) is 4.68. The minimum absolute atomic E-state index is 0.151. The van der Waals surface area contributed by atoms with Crippen LogP contribution in [0.25, 0.3) is 10.8 Å². The molecule has 0 aliphatic carbocycles. The molecular formula is C23H21N3O3. The number of anilines is 2. The van der Waals surface area contributed by atoms with Gasteiger partial charge in [-0.3, -0.25) is 14.4 Å². The molecule has 146 valence electrons. The van der Waals surface area contributed by atoms with Crippen molar-refractivity contribution in [3.8, 4) is 0 Å². The smallest absolute Gasteiger partial charge is 0.316 e. The third kappa shape index (κ3) is 3.82. The predicted molar refractivity (Wildman–Crippen MR) is 113 cm³/mol. The number of benzene rings is 3. The minimum Gasteiger partial charge on any atom is -0.325 e. The van der Waals surface area contributed by atoms with Gasteiger partial charge in [0.25, 0.3) is 0 Å². The van der Waals surface area contributed by atoms with Crippen molar-refractivity contribution in [1.29, 1.82) is 0 Å². The van der Waals surface area contributed by atoms with Gasteiger partial charge >= 0.3 is 11.8 Å². The summed E-state index contributed by atoms with van der Waals surface area (Å²) in [6.07, 6.45) is 0. The van der Waals surface area contributed by atoms with E-state index in [2.05, 4.69) is 5.32 Å². The Morgan fingerprint density at radius 3 is 2.41 bits per heavy atom. The van der Waals surface area contributed by atoms with Crippen molar-refractivity contribution in [3.63, 3.8) is 0 Å². The number of nitrogens with one attached hydrogen (secondary N) is 1. The highest BCUT2D eigenvalue weighted by molar-refractivity contribution is 6.41. The normalized spacial score (nSPS) is 14.4. The Balaban J connectivity index is 1.46. The minimum atomic E-state index is -0.664. The first kappa shape index (κ1) is 18.7. The molecule has 1 saturated heterocycles. The van der Waals surface area contributed by atoms with Crippen LogP contribution in [0.15, 0.2) is 66.7 Å². The van der Waals surface area contributed by atoms with E-state index in [1.54, 1.807) is 12.1 Å². The van der Waals surface area contributed by atoms with E-state index in [9.17, 15) is 14.4 Å². The van der Waals surface area contributed by atoms with Gasteiger partial charge in [-0.2, -0.15) is 0 Å². The van der Waals surface area contributed by atoms with Gasteiger partial charge in [-0.15, -0.1) is 0 Å². The van der Waals surface area contributed by atoms with Crippen molar-refractivity contribution in [2.24, 2.45) is 0 Å². The topological polar surface area (TPSA) is 69.7 Å². The maximum absolute atomic E-state index is 12.8. The van der Waals surface area contributed by atoms with Gasteiger partial charge in [0.15, 0.2) is 0 Å². The van der Waals surface area contributed by atoms with E-state index in [0.717, 1.165) is 16.3 Å². The van der Waals surface area contributed by atoms with E-state index in [1.807, 2.05) is 61.5 Å². The van der Waals surface area contributed by atoms with Crippen LogP contribution >= 0.6 is 0 Å². The molecular weight excluding hydrogens is 366 g/mol. The lowest BCUT2D eigenvalue weighted by atomic mass is 10.1. The highest BCUT2D eigenvalue weighted by Gasteiger charge is 2.34. The summed E-state index contributed by atoms with van der Waals surface area (Å²) in [5.41, 5.74) is 2.47. The van der Waals surface area contributed by atoms with Crippen molar-refractivity contribution >= 4 is 39.9 Å². The van der Waals surface area contributed by atoms with Gasteiger partial charge in [0.2, 0.25) is 5.91 Å². The molecule has 3 amide bonds. The van der Waals surface area contributed by atoms with Crippen LogP contribution in [0.2, 0.25) is 0 Å². The van der Waals surface area contributed by atoms with E-state index in [0.29, 0.717) is 24.5 Å². The molecule has 1 heterocycles. The maximum Gasteiger partial charge on any atom is 0.316 e. The average Bonchev–Trinajstić information content (AvgIpc) is 2.73. The largest absolute Gasteiger partial charge is 0.325 e. The van der Waals surface area contributed by atoms with Crippen LogP contribution in [-0.2, 0) is 14.4 Å². The lowest BCUT2D eigenvalue weighted by Gasteiger charge is -2.33. The molecule has 3 aromatic carbocycles.